The predicted octanol–water partition coefficient (Wildman–Crippen LogP) is 2.76. The van der Waals surface area contributed by atoms with Gasteiger partial charge in [-0.1, -0.05) is 18.2 Å². The lowest BCUT2D eigenvalue weighted by Crippen LogP contribution is -2.35. The highest BCUT2D eigenvalue weighted by molar-refractivity contribution is 7.98. The zero-order valence-electron chi connectivity index (χ0n) is 11.4. The average Bonchev–Trinajstić information content (AvgIpc) is 2.35. The monoisotopic (exact) mass is 287 g/mol. The number of hydrogen-bond acceptors (Lipinski definition) is 3. The van der Waals surface area contributed by atoms with E-state index in [4.69, 9.17) is 0 Å². The van der Waals surface area contributed by atoms with Crippen LogP contribution in [-0.2, 0) is 10.0 Å². The summed E-state index contributed by atoms with van der Waals surface area (Å²) >= 11 is 1.74. The van der Waals surface area contributed by atoms with E-state index in [0.717, 1.165) is 17.7 Å². The van der Waals surface area contributed by atoms with Crippen LogP contribution in [0.4, 0.5) is 0 Å². The molecule has 5 heteroatoms. The molecular formula is C13H21NO2S2. The van der Waals surface area contributed by atoms with Crippen LogP contribution in [0.3, 0.4) is 0 Å². The minimum absolute atomic E-state index is 0.0158. The summed E-state index contributed by atoms with van der Waals surface area (Å²) in [5, 5.41) is 0. The number of hydrogen-bond donors (Lipinski definition) is 0. The zero-order valence-corrected chi connectivity index (χ0v) is 13.0. The van der Waals surface area contributed by atoms with E-state index in [0.29, 0.717) is 4.90 Å². The summed E-state index contributed by atoms with van der Waals surface area (Å²) in [5.74, 6) is 0.967. The largest absolute Gasteiger partial charge is 0.243 e. The minimum atomic E-state index is -3.38. The van der Waals surface area contributed by atoms with Gasteiger partial charge >= 0.3 is 0 Å². The first-order chi connectivity index (χ1) is 8.41. The van der Waals surface area contributed by atoms with E-state index < -0.39 is 10.0 Å². The molecule has 0 fully saturated rings. The van der Waals surface area contributed by atoms with Crippen LogP contribution < -0.4 is 0 Å². The second-order valence-electron chi connectivity index (χ2n) is 4.42. The van der Waals surface area contributed by atoms with Crippen molar-refractivity contribution in [1.29, 1.82) is 0 Å². The quantitative estimate of drug-likeness (QED) is 0.807. The molecule has 0 aliphatic carbocycles. The molecule has 0 amide bonds. The van der Waals surface area contributed by atoms with E-state index in [9.17, 15) is 8.42 Å². The molecule has 18 heavy (non-hydrogen) atoms. The Morgan fingerprint density at radius 3 is 2.50 bits per heavy atom. The van der Waals surface area contributed by atoms with Gasteiger partial charge in [0.15, 0.2) is 0 Å². The molecule has 0 bridgehead atoms. The number of aryl methyl sites for hydroxylation is 1. The molecule has 3 nitrogen and oxygen atoms in total. The second kappa shape index (κ2) is 6.59. The fraction of sp³-hybridized carbons (Fsp3) is 0.538. The van der Waals surface area contributed by atoms with Crippen LogP contribution in [0.15, 0.2) is 29.2 Å². The Labute approximate surface area is 115 Å². The Morgan fingerprint density at radius 2 is 1.94 bits per heavy atom. The highest BCUT2D eigenvalue weighted by Crippen LogP contribution is 2.21. The normalized spacial score (nSPS) is 13.8. The SMILES string of the molecule is CSCCC(C)N(C)S(=O)(=O)c1ccccc1C. The molecule has 0 N–H and O–H groups in total. The number of nitrogens with zero attached hydrogens (tertiary/aromatic N) is 1. The first-order valence-corrected chi connectivity index (χ1v) is 8.77. The number of sulfonamides is 1. The third-order valence-electron chi connectivity index (χ3n) is 3.11. The van der Waals surface area contributed by atoms with Gasteiger partial charge in [0.2, 0.25) is 10.0 Å². The first kappa shape index (κ1) is 15.5. The predicted molar refractivity (Wildman–Crippen MR) is 78.6 cm³/mol. The lowest BCUT2D eigenvalue weighted by Gasteiger charge is -2.24. The Bertz CT molecular complexity index is 486. The van der Waals surface area contributed by atoms with Crippen molar-refractivity contribution >= 4 is 21.8 Å². The maximum Gasteiger partial charge on any atom is 0.243 e. The van der Waals surface area contributed by atoms with E-state index >= 15 is 0 Å². The summed E-state index contributed by atoms with van der Waals surface area (Å²) in [5.41, 5.74) is 0.793. The number of thioether (sulfide) groups is 1. The van der Waals surface area contributed by atoms with Gasteiger partial charge in [0, 0.05) is 13.1 Å². The summed E-state index contributed by atoms with van der Waals surface area (Å²) in [6, 6.07) is 7.13. The van der Waals surface area contributed by atoms with Crippen molar-refractivity contribution in [2.45, 2.75) is 31.2 Å². The third-order valence-corrected chi connectivity index (χ3v) is 5.89. The van der Waals surface area contributed by atoms with Gasteiger partial charge < -0.3 is 0 Å². The fourth-order valence-electron chi connectivity index (χ4n) is 1.71. The molecule has 0 radical (unpaired) electrons. The zero-order chi connectivity index (χ0) is 13.8. The lowest BCUT2D eigenvalue weighted by molar-refractivity contribution is 0.382. The summed E-state index contributed by atoms with van der Waals surface area (Å²) in [4.78, 5) is 0.406. The second-order valence-corrected chi connectivity index (χ2v) is 7.37. The van der Waals surface area contributed by atoms with Crippen LogP contribution >= 0.6 is 11.8 Å². The Hall–Kier alpha value is -0.520. The maximum atomic E-state index is 12.5. The van der Waals surface area contributed by atoms with Gasteiger partial charge in [0.25, 0.3) is 0 Å². The van der Waals surface area contributed by atoms with Gasteiger partial charge in [0.1, 0.15) is 0 Å². The van der Waals surface area contributed by atoms with E-state index in [1.807, 2.05) is 32.2 Å². The Balaban J connectivity index is 2.97. The highest BCUT2D eigenvalue weighted by Gasteiger charge is 2.26. The molecule has 1 rings (SSSR count). The summed E-state index contributed by atoms with van der Waals surface area (Å²) in [7, 11) is -1.72. The van der Waals surface area contributed by atoms with Crippen LogP contribution in [0.25, 0.3) is 0 Å². The molecule has 0 heterocycles. The van der Waals surface area contributed by atoms with Crippen molar-refractivity contribution in [2.75, 3.05) is 19.1 Å². The van der Waals surface area contributed by atoms with Crippen molar-refractivity contribution in [3.8, 4) is 0 Å². The molecule has 0 spiro atoms. The molecule has 1 aromatic carbocycles. The molecule has 1 atom stereocenters. The van der Waals surface area contributed by atoms with Crippen molar-refractivity contribution in [3.05, 3.63) is 29.8 Å². The molecular weight excluding hydrogens is 266 g/mol. The van der Waals surface area contributed by atoms with Crippen molar-refractivity contribution in [2.24, 2.45) is 0 Å². The van der Waals surface area contributed by atoms with Crippen molar-refractivity contribution in [1.82, 2.24) is 4.31 Å². The van der Waals surface area contributed by atoms with Gasteiger partial charge in [-0.2, -0.15) is 16.1 Å². The number of benzene rings is 1. The number of rotatable bonds is 6. The van der Waals surface area contributed by atoms with Crippen LogP contribution in [-0.4, -0.2) is 37.8 Å². The van der Waals surface area contributed by atoms with E-state index in [1.54, 1.807) is 30.9 Å². The van der Waals surface area contributed by atoms with Gasteiger partial charge in [0.05, 0.1) is 4.90 Å². The molecule has 1 unspecified atom stereocenters. The van der Waals surface area contributed by atoms with Crippen LogP contribution in [0, 0.1) is 6.92 Å². The molecule has 1 aromatic rings. The summed E-state index contributed by atoms with van der Waals surface area (Å²) in [6.45, 7) is 3.78. The molecule has 0 aliphatic rings. The maximum absolute atomic E-state index is 12.5. The Kier molecular flexibility index (Phi) is 5.69. The first-order valence-electron chi connectivity index (χ1n) is 5.94. The van der Waals surface area contributed by atoms with Crippen LogP contribution in [0.5, 0.6) is 0 Å². The molecule has 102 valence electrons. The smallest absolute Gasteiger partial charge is 0.207 e. The van der Waals surface area contributed by atoms with E-state index in [2.05, 4.69) is 0 Å². The van der Waals surface area contributed by atoms with Gasteiger partial charge in [-0.05, 0) is 43.9 Å². The van der Waals surface area contributed by atoms with Crippen molar-refractivity contribution < 1.29 is 8.42 Å². The average molecular weight is 287 g/mol. The van der Waals surface area contributed by atoms with Gasteiger partial charge in [-0.3, -0.25) is 0 Å². The third kappa shape index (κ3) is 3.49. The highest BCUT2D eigenvalue weighted by atomic mass is 32.2. The topological polar surface area (TPSA) is 37.4 Å². The molecule has 0 aliphatic heterocycles. The molecule has 0 saturated carbocycles. The van der Waals surface area contributed by atoms with E-state index in [1.165, 1.54) is 4.31 Å². The van der Waals surface area contributed by atoms with E-state index in [-0.39, 0.29) is 6.04 Å². The van der Waals surface area contributed by atoms with Crippen LogP contribution in [0.2, 0.25) is 0 Å². The molecule has 0 saturated heterocycles. The van der Waals surface area contributed by atoms with Gasteiger partial charge in [-0.25, -0.2) is 8.42 Å². The minimum Gasteiger partial charge on any atom is -0.207 e. The molecule has 0 aromatic heterocycles. The van der Waals surface area contributed by atoms with Crippen LogP contribution in [0.1, 0.15) is 18.9 Å². The lowest BCUT2D eigenvalue weighted by atomic mass is 10.2. The fourth-order valence-corrected chi connectivity index (χ4v) is 3.90. The van der Waals surface area contributed by atoms with Gasteiger partial charge in [-0.15, -0.1) is 0 Å². The standard InChI is InChI=1S/C13H21NO2S2/c1-11-7-5-6-8-13(11)18(15,16)14(3)12(2)9-10-17-4/h5-8,12H,9-10H2,1-4H3. The Morgan fingerprint density at radius 1 is 1.33 bits per heavy atom. The summed E-state index contributed by atoms with van der Waals surface area (Å²) < 4.78 is 26.4. The van der Waals surface area contributed by atoms with Crippen molar-refractivity contribution in [3.63, 3.8) is 0 Å². The summed E-state index contributed by atoms with van der Waals surface area (Å²) in [6.07, 6.45) is 2.89.